The van der Waals surface area contributed by atoms with Gasteiger partial charge in [-0.25, -0.2) is 9.48 Å². The summed E-state index contributed by atoms with van der Waals surface area (Å²) in [6, 6.07) is 15.7. The van der Waals surface area contributed by atoms with Gasteiger partial charge in [0.25, 0.3) is 11.5 Å². The minimum absolute atomic E-state index is 0.0370. The smallest absolute Gasteiger partial charge is 0.339 e. The first kappa shape index (κ1) is 25.4. The molecule has 1 aromatic heterocycles. The Morgan fingerprint density at radius 1 is 1.06 bits per heavy atom. The van der Waals surface area contributed by atoms with Crippen molar-refractivity contribution in [3.63, 3.8) is 0 Å². The molecule has 0 aliphatic rings. The summed E-state index contributed by atoms with van der Waals surface area (Å²) < 4.78 is 8.19. The molecule has 3 rings (SSSR count). The quantitative estimate of drug-likeness (QED) is 0.269. The zero-order chi connectivity index (χ0) is 25.4. The Kier molecular flexibility index (Phi) is 8.53. The van der Waals surface area contributed by atoms with Gasteiger partial charge in [0.15, 0.2) is 6.61 Å². The predicted octanol–water partition coefficient (Wildman–Crippen LogP) is 2.12. The lowest BCUT2D eigenvalue weighted by Crippen LogP contribution is -2.29. The highest BCUT2D eigenvalue weighted by atomic mass is 32.2. The van der Waals surface area contributed by atoms with Crippen LogP contribution in [0.15, 0.2) is 64.3 Å². The molecule has 0 aliphatic heterocycles. The average molecular weight is 493 g/mol. The number of hydrogen-bond acceptors (Lipinski definition) is 6. The number of thioether (sulfide) groups is 1. The molecule has 10 heteroatoms. The molecule has 2 N–H and O–H groups in total. The van der Waals surface area contributed by atoms with Gasteiger partial charge < -0.3 is 15.4 Å². The Balaban J connectivity index is 1.66. The van der Waals surface area contributed by atoms with Crippen LogP contribution in [0, 0.1) is 19.3 Å². The third-order valence-corrected chi connectivity index (χ3v) is 6.08. The summed E-state index contributed by atoms with van der Waals surface area (Å²) in [5, 5.41) is 5.09. The van der Waals surface area contributed by atoms with Crippen molar-refractivity contribution in [2.75, 3.05) is 24.2 Å². The van der Waals surface area contributed by atoms with Crippen molar-refractivity contribution < 1.29 is 19.1 Å². The zero-order valence-corrected chi connectivity index (χ0v) is 20.1. The summed E-state index contributed by atoms with van der Waals surface area (Å²) in [6.07, 6.45) is 5.07. The topological polar surface area (TPSA) is 111 Å². The molecule has 35 heavy (non-hydrogen) atoms. The summed E-state index contributed by atoms with van der Waals surface area (Å²) >= 11 is 1.11. The second-order valence-electron chi connectivity index (χ2n) is 7.33. The number of para-hydroxylation sites is 1. The van der Waals surface area contributed by atoms with Gasteiger partial charge in [0.05, 0.1) is 29.2 Å². The standard InChI is InChI=1S/C25H24N4O5S/c1-4-14-26-21(30)15-34-25(33)19-12-8-9-13-20(19)35-16-22(31)27-23-17(2)28(3)29(24(23)32)18-10-6-5-7-11-18/h1,5-13H,14-16H2,2-3H3,(H,26,30)(H,27,31). The van der Waals surface area contributed by atoms with E-state index in [1.165, 1.54) is 4.68 Å². The molecule has 0 unspecified atom stereocenters. The zero-order valence-electron chi connectivity index (χ0n) is 19.2. The fraction of sp³-hybridized carbons (Fsp3) is 0.200. The minimum Gasteiger partial charge on any atom is -0.452 e. The van der Waals surface area contributed by atoms with Crippen LogP contribution >= 0.6 is 11.8 Å². The van der Waals surface area contributed by atoms with Crippen LogP contribution in [0.1, 0.15) is 16.1 Å². The fourth-order valence-electron chi connectivity index (χ4n) is 3.20. The van der Waals surface area contributed by atoms with E-state index in [1.807, 2.05) is 18.2 Å². The number of esters is 1. The monoisotopic (exact) mass is 492 g/mol. The second-order valence-corrected chi connectivity index (χ2v) is 8.34. The SMILES string of the molecule is C#CCNC(=O)COC(=O)c1ccccc1SCC(=O)Nc1c(C)n(C)n(-c2ccccc2)c1=O. The Hall–Kier alpha value is -4.23. The van der Waals surface area contributed by atoms with E-state index in [4.69, 9.17) is 11.2 Å². The van der Waals surface area contributed by atoms with Crippen molar-refractivity contribution in [3.05, 3.63) is 76.2 Å². The first-order valence-corrected chi connectivity index (χ1v) is 11.5. The van der Waals surface area contributed by atoms with Crippen LogP contribution in [-0.2, 0) is 21.4 Å². The summed E-state index contributed by atoms with van der Waals surface area (Å²) in [6.45, 7) is 1.31. The van der Waals surface area contributed by atoms with Crippen molar-refractivity contribution in [3.8, 4) is 18.0 Å². The van der Waals surface area contributed by atoms with E-state index in [-0.39, 0.29) is 29.1 Å². The molecule has 2 amide bonds. The van der Waals surface area contributed by atoms with E-state index in [0.717, 1.165) is 11.8 Å². The lowest BCUT2D eigenvalue weighted by atomic mass is 10.2. The maximum atomic E-state index is 13.0. The van der Waals surface area contributed by atoms with Crippen molar-refractivity contribution in [1.82, 2.24) is 14.7 Å². The van der Waals surface area contributed by atoms with Crippen LogP contribution in [-0.4, -0.2) is 46.1 Å². The number of carbonyl (C=O) groups excluding carboxylic acids is 3. The number of carbonyl (C=O) groups is 3. The summed E-state index contributed by atoms with van der Waals surface area (Å²) in [4.78, 5) is 50.2. The number of terminal acetylenes is 1. The van der Waals surface area contributed by atoms with E-state index in [0.29, 0.717) is 16.3 Å². The van der Waals surface area contributed by atoms with E-state index >= 15 is 0 Å². The van der Waals surface area contributed by atoms with Gasteiger partial charge in [-0.05, 0) is 31.2 Å². The predicted molar refractivity (Wildman–Crippen MR) is 134 cm³/mol. The molecular weight excluding hydrogens is 468 g/mol. The second kappa shape index (κ2) is 11.8. The largest absolute Gasteiger partial charge is 0.452 e. The molecule has 0 aliphatic carbocycles. The first-order chi connectivity index (χ1) is 16.8. The molecule has 0 saturated heterocycles. The van der Waals surface area contributed by atoms with Crippen LogP contribution in [0.3, 0.4) is 0 Å². The van der Waals surface area contributed by atoms with Gasteiger partial charge in [0.1, 0.15) is 5.69 Å². The van der Waals surface area contributed by atoms with Crippen LogP contribution in [0.4, 0.5) is 5.69 Å². The van der Waals surface area contributed by atoms with Crippen LogP contribution < -0.4 is 16.2 Å². The maximum Gasteiger partial charge on any atom is 0.339 e. The third kappa shape index (κ3) is 6.22. The number of nitrogens with zero attached hydrogens (tertiary/aromatic N) is 2. The van der Waals surface area contributed by atoms with Gasteiger partial charge >= 0.3 is 5.97 Å². The number of hydrogen-bond donors (Lipinski definition) is 2. The first-order valence-electron chi connectivity index (χ1n) is 10.6. The highest BCUT2D eigenvalue weighted by Crippen LogP contribution is 2.24. The van der Waals surface area contributed by atoms with E-state index in [9.17, 15) is 19.2 Å². The molecule has 0 spiro atoms. The average Bonchev–Trinajstić information content (AvgIpc) is 3.08. The fourth-order valence-corrected chi connectivity index (χ4v) is 4.04. The third-order valence-electron chi connectivity index (χ3n) is 5.01. The van der Waals surface area contributed by atoms with Crippen molar-refractivity contribution in [2.45, 2.75) is 11.8 Å². The number of aromatic nitrogens is 2. The van der Waals surface area contributed by atoms with Gasteiger partial charge in [0, 0.05) is 11.9 Å². The number of nitrogens with one attached hydrogen (secondary N) is 2. The molecule has 0 bridgehead atoms. The van der Waals surface area contributed by atoms with Crippen LogP contribution in [0.5, 0.6) is 0 Å². The number of amides is 2. The lowest BCUT2D eigenvalue weighted by molar-refractivity contribution is -0.124. The van der Waals surface area contributed by atoms with Gasteiger partial charge in [-0.2, -0.15) is 0 Å². The number of anilines is 1. The maximum absolute atomic E-state index is 13.0. The summed E-state index contributed by atoms with van der Waals surface area (Å²) in [5.74, 6) is 0.587. The number of ether oxygens (including phenoxy) is 1. The molecule has 0 radical (unpaired) electrons. The van der Waals surface area contributed by atoms with Crippen LogP contribution in [0.25, 0.3) is 5.69 Å². The molecule has 3 aromatic rings. The molecule has 0 atom stereocenters. The molecule has 1 heterocycles. The van der Waals surface area contributed by atoms with Crippen molar-refractivity contribution in [1.29, 1.82) is 0 Å². The van der Waals surface area contributed by atoms with Gasteiger partial charge in [-0.3, -0.25) is 19.1 Å². The highest BCUT2D eigenvalue weighted by molar-refractivity contribution is 8.00. The Bertz CT molecular complexity index is 1340. The van der Waals surface area contributed by atoms with Crippen molar-refractivity contribution in [2.24, 2.45) is 7.05 Å². The van der Waals surface area contributed by atoms with E-state index in [1.54, 1.807) is 55.1 Å². The Labute approximate surface area is 206 Å². The molecule has 0 saturated carbocycles. The summed E-state index contributed by atoms with van der Waals surface area (Å²) in [7, 11) is 1.74. The van der Waals surface area contributed by atoms with E-state index < -0.39 is 24.4 Å². The highest BCUT2D eigenvalue weighted by Gasteiger charge is 2.19. The minimum atomic E-state index is -0.700. The van der Waals surface area contributed by atoms with Crippen molar-refractivity contribution >= 4 is 35.2 Å². The molecule has 2 aromatic carbocycles. The van der Waals surface area contributed by atoms with E-state index in [2.05, 4.69) is 16.6 Å². The summed E-state index contributed by atoms with van der Waals surface area (Å²) in [5.41, 5.74) is 1.34. The number of rotatable bonds is 9. The molecule has 0 fully saturated rings. The number of benzene rings is 2. The Morgan fingerprint density at radius 2 is 1.74 bits per heavy atom. The lowest BCUT2D eigenvalue weighted by Gasteiger charge is -2.09. The normalized spacial score (nSPS) is 10.3. The molecular formula is C25H24N4O5S. The molecule has 9 nitrogen and oxygen atoms in total. The van der Waals surface area contributed by atoms with Gasteiger partial charge in [-0.15, -0.1) is 18.2 Å². The Morgan fingerprint density at radius 3 is 2.46 bits per heavy atom. The van der Waals surface area contributed by atoms with Crippen LogP contribution in [0.2, 0.25) is 0 Å². The molecule has 180 valence electrons. The van der Waals surface area contributed by atoms with Gasteiger partial charge in [-0.1, -0.05) is 36.3 Å². The van der Waals surface area contributed by atoms with Gasteiger partial charge in [0.2, 0.25) is 5.91 Å².